The Kier molecular flexibility index (Phi) is 4.46. The molecule has 0 N–H and O–H groups in total. The minimum Gasteiger partial charge on any atom is -0.370 e. The van der Waals surface area contributed by atoms with Gasteiger partial charge in [-0.1, -0.05) is 0 Å². The van der Waals surface area contributed by atoms with Gasteiger partial charge in [0, 0.05) is 29.7 Å². The summed E-state index contributed by atoms with van der Waals surface area (Å²) < 4.78 is 0.652. The quantitative estimate of drug-likeness (QED) is 0.632. The van der Waals surface area contributed by atoms with Crippen molar-refractivity contribution >= 4 is 27.3 Å². The van der Waals surface area contributed by atoms with Crippen LogP contribution in [0.2, 0.25) is 0 Å². The summed E-state index contributed by atoms with van der Waals surface area (Å²) in [5, 5.41) is 19.2. The lowest BCUT2D eigenvalue weighted by molar-refractivity contribution is -0.384. The molecule has 0 spiro atoms. The van der Waals surface area contributed by atoms with Crippen LogP contribution in [0.3, 0.4) is 0 Å². The standard InChI is InChI=1S/C11H12BrN3O2/c1-8(5-6-13)14(2)11-4-3-9(15(16)17)7-10(11)12/h3-4,7-8H,5H2,1-2H3. The van der Waals surface area contributed by atoms with E-state index in [9.17, 15) is 10.1 Å². The summed E-state index contributed by atoms with van der Waals surface area (Å²) in [6.07, 6.45) is 0.403. The lowest BCUT2D eigenvalue weighted by atomic mass is 10.2. The van der Waals surface area contributed by atoms with Crippen LogP contribution < -0.4 is 4.90 Å². The number of anilines is 1. The summed E-state index contributed by atoms with van der Waals surface area (Å²) >= 11 is 3.31. The maximum Gasteiger partial charge on any atom is 0.270 e. The molecule has 1 aromatic rings. The highest BCUT2D eigenvalue weighted by atomic mass is 79.9. The topological polar surface area (TPSA) is 70.2 Å². The Labute approximate surface area is 108 Å². The number of halogens is 1. The molecule has 0 bridgehead atoms. The molecule has 1 unspecified atom stereocenters. The Morgan fingerprint density at radius 1 is 1.65 bits per heavy atom. The zero-order valence-electron chi connectivity index (χ0n) is 9.55. The number of non-ortho nitro benzene ring substituents is 1. The van der Waals surface area contributed by atoms with Gasteiger partial charge in [-0.2, -0.15) is 5.26 Å². The molecule has 1 atom stereocenters. The van der Waals surface area contributed by atoms with Gasteiger partial charge >= 0.3 is 0 Å². The van der Waals surface area contributed by atoms with E-state index in [1.165, 1.54) is 12.1 Å². The van der Waals surface area contributed by atoms with E-state index in [1.807, 2.05) is 18.9 Å². The molecule has 17 heavy (non-hydrogen) atoms. The third-order valence-corrected chi connectivity index (χ3v) is 3.21. The Bertz CT molecular complexity index is 470. The maximum absolute atomic E-state index is 10.6. The molecule has 0 radical (unpaired) electrons. The molecular formula is C11H12BrN3O2. The second-order valence-electron chi connectivity index (χ2n) is 3.71. The third-order valence-electron chi connectivity index (χ3n) is 2.57. The molecular weight excluding hydrogens is 286 g/mol. The van der Waals surface area contributed by atoms with E-state index in [-0.39, 0.29) is 11.7 Å². The van der Waals surface area contributed by atoms with Crippen molar-refractivity contribution in [1.29, 1.82) is 5.26 Å². The molecule has 0 aliphatic carbocycles. The Morgan fingerprint density at radius 3 is 2.76 bits per heavy atom. The molecule has 5 nitrogen and oxygen atoms in total. The average Bonchev–Trinajstić information content (AvgIpc) is 2.28. The van der Waals surface area contributed by atoms with E-state index in [0.29, 0.717) is 10.9 Å². The van der Waals surface area contributed by atoms with Crippen LogP contribution in [0.4, 0.5) is 11.4 Å². The molecule has 0 fully saturated rings. The van der Waals surface area contributed by atoms with Gasteiger partial charge in [-0.3, -0.25) is 10.1 Å². The fraction of sp³-hybridized carbons (Fsp3) is 0.364. The zero-order chi connectivity index (χ0) is 13.0. The molecule has 1 rings (SSSR count). The monoisotopic (exact) mass is 297 g/mol. The van der Waals surface area contributed by atoms with Gasteiger partial charge in [-0.05, 0) is 28.9 Å². The van der Waals surface area contributed by atoms with E-state index in [0.717, 1.165) is 5.69 Å². The van der Waals surface area contributed by atoms with Crippen molar-refractivity contribution in [2.24, 2.45) is 0 Å². The molecule has 0 aliphatic heterocycles. The largest absolute Gasteiger partial charge is 0.370 e. The molecule has 90 valence electrons. The highest BCUT2D eigenvalue weighted by Crippen LogP contribution is 2.30. The van der Waals surface area contributed by atoms with Crippen LogP contribution in [0, 0.1) is 21.4 Å². The predicted molar refractivity (Wildman–Crippen MR) is 68.9 cm³/mol. The molecule has 0 amide bonds. The number of nitrogens with zero attached hydrogens (tertiary/aromatic N) is 3. The number of nitro benzene ring substituents is 1. The molecule has 1 aromatic carbocycles. The van der Waals surface area contributed by atoms with E-state index in [2.05, 4.69) is 22.0 Å². The van der Waals surface area contributed by atoms with Crippen LogP contribution >= 0.6 is 15.9 Å². The average molecular weight is 298 g/mol. The van der Waals surface area contributed by atoms with Crippen molar-refractivity contribution in [1.82, 2.24) is 0 Å². The van der Waals surface area contributed by atoms with Gasteiger partial charge in [-0.25, -0.2) is 0 Å². The first-order chi connectivity index (χ1) is 7.97. The number of hydrogen-bond donors (Lipinski definition) is 0. The Balaban J connectivity index is 3.00. The molecule has 0 heterocycles. The number of nitriles is 1. The van der Waals surface area contributed by atoms with Crippen molar-refractivity contribution in [2.45, 2.75) is 19.4 Å². The molecule has 0 saturated heterocycles. The highest BCUT2D eigenvalue weighted by molar-refractivity contribution is 9.10. The van der Waals surface area contributed by atoms with Crippen LogP contribution in [-0.2, 0) is 0 Å². The second kappa shape index (κ2) is 5.64. The molecule has 0 aliphatic rings. The van der Waals surface area contributed by atoms with Gasteiger partial charge in [0.1, 0.15) is 0 Å². The fourth-order valence-corrected chi connectivity index (χ4v) is 2.05. The molecule has 6 heteroatoms. The summed E-state index contributed by atoms with van der Waals surface area (Å²) in [7, 11) is 1.86. The number of hydrogen-bond acceptors (Lipinski definition) is 4. The zero-order valence-corrected chi connectivity index (χ0v) is 11.1. The lowest BCUT2D eigenvalue weighted by Gasteiger charge is -2.26. The number of rotatable bonds is 4. The van der Waals surface area contributed by atoms with Crippen molar-refractivity contribution < 1.29 is 4.92 Å². The van der Waals surface area contributed by atoms with Crippen LogP contribution in [0.5, 0.6) is 0 Å². The van der Waals surface area contributed by atoms with Crippen LogP contribution in [0.25, 0.3) is 0 Å². The van der Waals surface area contributed by atoms with E-state index < -0.39 is 4.92 Å². The summed E-state index contributed by atoms with van der Waals surface area (Å²) in [6.45, 7) is 1.93. The van der Waals surface area contributed by atoms with Gasteiger partial charge in [0.05, 0.1) is 23.1 Å². The van der Waals surface area contributed by atoms with E-state index in [4.69, 9.17) is 5.26 Å². The Morgan fingerprint density at radius 2 is 2.29 bits per heavy atom. The van der Waals surface area contributed by atoms with Crippen LogP contribution in [0.15, 0.2) is 22.7 Å². The van der Waals surface area contributed by atoms with Gasteiger partial charge in [0.15, 0.2) is 0 Å². The van der Waals surface area contributed by atoms with Crippen molar-refractivity contribution in [2.75, 3.05) is 11.9 Å². The van der Waals surface area contributed by atoms with E-state index >= 15 is 0 Å². The summed E-state index contributed by atoms with van der Waals surface area (Å²) in [6, 6.07) is 6.75. The predicted octanol–water partition coefficient (Wildman–Crippen LogP) is 3.10. The van der Waals surface area contributed by atoms with E-state index in [1.54, 1.807) is 6.07 Å². The van der Waals surface area contributed by atoms with Crippen LogP contribution in [-0.4, -0.2) is 18.0 Å². The molecule has 0 aromatic heterocycles. The maximum atomic E-state index is 10.6. The number of nitro groups is 1. The minimum atomic E-state index is -0.437. The van der Waals surface area contributed by atoms with Gasteiger partial charge in [-0.15, -0.1) is 0 Å². The van der Waals surface area contributed by atoms with Crippen molar-refractivity contribution in [3.8, 4) is 6.07 Å². The SMILES string of the molecule is CC(CC#N)N(C)c1ccc([N+](=O)[O-])cc1Br. The summed E-state index contributed by atoms with van der Waals surface area (Å²) in [5.74, 6) is 0. The fourth-order valence-electron chi connectivity index (χ4n) is 1.40. The van der Waals surface area contributed by atoms with Crippen molar-refractivity contribution in [3.05, 3.63) is 32.8 Å². The number of benzene rings is 1. The highest BCUT2D eigenvalue weighted by Gasteiger charge is 2.15. The summed E-state index contributed by atoms with van der Waals surface area (Å²) in [5.41, 5.74) is 0.875. The van der Waals surface area contributed by atoms with Gasteiger partial charge < -0.3 is 4.90 Å². The van der Waals surface area contributed by atoms with Crippen LogP contribution in [0.1, 0.15) is 13.3 Å². The second-order valence-corrected chi connectivity index (χ2v) is 4.57. The molecule has 0 saturated carbocycles. The minimum absolute atomic E-state index is 0.0435. The van der Waals surface area contributed by atoms with Gasteiger partial charge in [0.25, 0.3) is 5.69 Å². The first kappa shape index (κ1) is 13.5. The third kappa shape index (κ3) is 3.17. The summed E-state index contributed by atoms with van der Waals surface area (Å²) in [4.78, 5) is 12.1. The normalized spacial score (nSPS) is 11.6. The first-order valence-corrected chi connectivity index (χ1v) is 5.80. The smallest absolute Gasteiger partial charge is 0.270 e. The van der Waals surface area contributed by atoms with Gasteiger partial charge in [0.2, 0.25) is 0 Å². The Hall–Kier alpha value is -1.61. The van der Waals surface area contributed by atoms with Crippen molar-refractivity contribution in [3.63, 3.8) is 0 Å². The first-order valence-electron chi connectivity index (χ1n) is 5.01. The lowest BCUT2D eigenvalue weighted by Crippen LogP contribution is -2.28.